The van der Waals surface area contributed by atoms with Crippen LogP contribution in [-0.2, 0) is 4.79 Å². The molecule has 0 saturated carbocycles. The number of likely N-dealkylation sites (N-methyl/N-ethyl adjacent to an activating group) is 1. The molecule has 0 aliphatic carbocycles. The molecular formula is C19H21ClFN3O2. The Morgan fingerprint density at radius 2 is 2.08 bits per heavy atom. The second kappa shape index (κ2) is 8.49. The molecule has 2 atom stereocenters. The maximum Gasteiger partial charge on any atom is 0.228 e. The minimum atomic E-state index is -0.294. The molecule has 1 aliphatic rings. The van der Waals surface area contributed by atoms with Crippen LogP contribution in [0.1, 0.15) is 11.6 Å². The summed E-state index contributed by atoms with van der Waals surface area (Å²) in [5.41, 5.74) is 7.00. The van der Waals surface area contributed by atoms with E-state index < -0.39 is 0 Å². The molecule has 2 aromatic carbocycles. The van der Waals surface area contributed by atoms with E-state index in [0.29, 0.717) is 30.5 Å². The highest BCUT2D eigenvalue weighted by molar-refractivity contribution is 6.30. The van der Waals surface area contributed by atoms with Crippen molar-refractivity contribution in [1.29, 1.82) is 0 Å². The number of carbonyl (C=O) groups excluding carboxylic acids is 1. The second-order valence-electron chi connectivity index (χ2n) is 6.23. The zero-order valence-corrected chi connectivity index (χ0v) is 15.2. The van der Waals surface area contributed by atoms with Crippen LogP contribution >= 0.6 is 11.6 Å². The minimum Gasteiger partial charge on any atom is -0.492 e. The summed E-state index contributed by atoms with van der Waals surface area (Å²) in [6.45, 7) is 1.34. The Morgan fingerprint density at radius 1 is 1.31 bits per heavy atom. The number of carbonyl (C=O) groups is 1. The molecule has 0 radical (unpaired) electrons. The van der Waals surface area contributed by atoms with E-state index in [1.165, 1.54) is 12.1 Å². The summed E-state index contributed by atoms with van der Waals surface area (Å²) in [6.07, 6.45) is 0. The highest BCUT2D eigenvalue weighted by Gasteiger charge is 2.35. The van der Waals surface area contributed by atoms with Gasteiger partial charge in [-0.1, -0.05) is 29.8 Å². The molecule has 2 N–H and O–H groups in total. The molecule has 1 fully saturated rings. The first-order chi connectivity index (χ1) is 12.5. The number of rotatable bonds is 6. The third-order valence-corrected chi connectivity index (χ3v) is 4.63. The third-order valence-electron chi connectivity index (χ3n) is 4.40. The lowest BCUT2D eigenvalue weighted by Crippen LogP contribution is -2.38. The van der Waals surface area contributed by atoms with Gasteiger partial charge in [-0.15, -0.1) is 0 Å². The number of ether oxygens (including phenoxy) is 1. The van der Waals surface area contributed by atoms with Gasteiger partial charge < -0.3 is 9.64 Å². The number of nitrogens with zero attached hydrogens (tertiary/aromatic N) is 1. The van der Waals surface area contributed by atoms with Crippen LogP contribution in [0.15, 0.2) is 48.5 Å². The standard InChI is InChI=1S/C19H21ClFN3O2/c1-24(9-10-26-16-4-2-3-14(20)11-16)19(25)17-12-22-23-18(17)13-5-7-15(21)8-6-13/h2-8,11,17-18,22-23H,9-10,12H2,1H3. The van der Waals surface area contributed by atoms with Crippen molar-refractivity contribution in [1.82, 2.24) is 15.8 Å². The average molecular weight is 378 g/mol. The summed E-state index contributed by atoms with van der Waals surface area (Å²) >= 11 is 5.92. The van der Waals surface area contributed by atoms with Gasteiger partial charge in [-0.05, 0) is 35.9 Å². The number of halogens is 2. The fourth-order valence-corrected chi connectivity index (χ4v) is 3.14. The monoisotopic (exact) mass is 377 g/mol. The molecule has 1 heterocycles. The van der Waals surface area contributed by atoms with Gasteiger partial charge in [-0.2, -0.15) is 0 Å². The topological polar surface area (TPSA) is 53.6 Å². The van der Waals surface area contributed by atoms with Crippen molar-refractivity contribution in [2.45, 2.75) is 6.04 Å². The van der Waals surface area contributed by atoms with Gasteiger partial charge in [0.05, 0.1) is 18.5 Å². The molecule has 138 valence electrons. The van der Waals surface area contributed by atoms with Crippen molar-refractivity contribution in [3.05, 3.63) is 64.9 Å². The van der Waals surface area contributed by atoms with Gasteiger partial charge in [0.25, 0.3) is 0 Å². The summed E-state index contributed by atoms with van der Waals surface area (Å²) < 4.78 is 18.8. The molecule has 1 amide bonds. The van der Waals surface area contributed by atoms with Gasteiger partial charge in [0.2, 0.25) is 5.91 Å². The quantitative estimate of drug-likeness (QED) is 0.812. The summed E-state index contributed by atoms with van der Waals surface area (Å²) in [6, 6.07) is 13.2. The van der Waals surface area contributed by atoms with E-state index in [9.17, 15) is 9.18 Å². The number of amides is 1. The zero-order chi connectivity index (χ0) is 18.5. The number of hydrazine groups is 1. The molecule has 26 heavy (non-hydrogen) atoms. The Morgan fingerprint density at radius 3 is 2.81 bits per heavy atom. The van der Waals surface area contributed by atoms with E-state index in [-0.39, 0.29) is 23.7 Å². The molecule has 2 aromatic rings. The summed E-state index contributed by atoms with van der Waals surface area (Å²) in [5.74, 6) is 0.118. The minimum absolute atomic E-state index is 0.00604. The zero-order valence-electron chi connectivity index (χ0n) is 14.4. The highest BCUT2D eigenvalue weighted by Crippen LogP contribution is 2.26. The lowest BCUT2D eigenvalue weighted by Gasteiger charge is -2.24. The number of hydrogen-bond acceptors (Lipinski definition) is 4. The molecule has 2 unspecified atom stereocenters. The predicted molar refractivity (Wildman–Crippen MR) is 98.4 cm³/mol. The van der Waals surface area contributed by atoms with Crippen LogP contribution in [0.5, 0.6) is 5.75 Å². The van der Waals surface area contributed by atoms with E-state index in [1.54, 1.807) is 36.2 Å². The molecule has 3 rings (SSSR count). The molecular weight excluding hydrogens is 357 g/mol. The molecule has 5 nitrogen and oxygen atoms in total. The van der Waals surface area contributed by atoms with Gasteiger partial charge in [0.15, 0.2) is 0 Å². The number of hydrogen-bond donors (Lipinski definition) is 2. The van der Waals surface area contributed by atoms with Gasteiger partial charge in [0.1, 0.15) is 18.2 Å². The molecule has 0 bridgehead atoms. The van der Waals surface area contributed by atoms with Crippen molar-refractivity contribution in [2.24, 2.45) is 5.92 Å². The summed E-state index contributed by atoms with van der Waals surface area (Å²) in [7, 11) is 1.75. The Labute approximate surface area is 157 Å². The highest BCUT2D eigenvalue weighted by atomic mass is 35.5. The molecule has 1 saturated heterocycles. The van der Waals surface area contributed by atoms with Crippen LogP contribution in [0.3, 0.4) is 0 Å². The third kappa shape index (κ3) is 4.52. The fourth-order valence-electron chi connectivity index (χ4n) is 2.96. The first-order valence-corrected chi connectivity index (χ1v) is 8.79. The Kier molecular flexibility index (Phi) is 6.08. The lowest BCUT2D eigenvalue weighted by atomic mass is 9.94. The Balaban J connectivity index is 1.56. The van der Waals surface area contributed by atoms with Crippen LogP contribution in [0.4, 0.5) is 4.39 Å². The van der Waals surface area contributed by atoms with Crippen molar-refractivity contribution >= 4 is 17.5 Å². The van der Waals surface area contributed by atoms with E-state index in [4.69, 9.17) is 16.3 Å². The van der Waals surface area contributed by atoms with E-state index in [0.717, 1.165) is 5.56 Å². The van der Waals surface area contributed by atoms with E-state index >= 15 is 0 Å². The van der Waals surface area contributed by atoms with E-state index in [2.05, 4.69) is 10.9 Å². The lowest BCUT2D eigenvalue weighted by molar-refractivity contribution is -0.134. The average Bonchev–Trinajstić information content (AvgIpc) is 3.11. The van der Waals surface area contributed by atoms with Crippen molar-refractivity contribution in [3.63, 3.8) is 0 Å². The first kappa shape index (κ1) is 18.6. The van der Waals surface area contributed by atoms with Gasteiger partial charge in [0, 0.05) is 18.6 Å². The van der Waals surface area contributed by atoms with Gasteiger partial charge >= 0.3 is 0 Å². The second-order valence-corrected chi connectivity index (χ2v) is 6.66. The van der Waals surface area contributed by atoms with Gasteiger partial charge in [-0.25, -0.2) is 9.82 Å². The van der Waals surface area contributed by atoms with Crippen LogP contribution in [0.2, 0.25) is 5.02 Å². The summed E-state index contributed by atoms with van der Waals surface area (Å²) in [4.78, 5) is 14.4. The maximum atomic E-state index is 13.1. The van der Waals surface area contributed by atoms with Crippen LogP contribution in [0, 0.1) is 11.7 Å². The van der Waals surface area contributed by atoms with Crippen molar-refractivity contribution < 1.29 is 13.9 Å². The Bertz CT molecular complexity index is 757. The van der Waals surface area contributed by atoms with Crippen LogP contribution in [0.25, 0.3) is 0 Å². The molecule has 0 spiro atoms. The normalized spacial score (nSPS) is 19.3. The van der Waals surface area contributed by atoms with Gasteiger partial charge in [-0.3, -0.25) is 10.2 Å². The molecule has 1 aliphatic heterocycles. The van der Waals surface area contributed by atoms with Crippen LogP contribution in [-0.4, -0.2) is 37.6 Å². The Hall–Kier alpha value is -2.15. The maximum absolute atomic E-state index is 13.1. The molecule has 7 heteroatoms. The van der Waals surface area contributed by atoms with Crippen molar-refractivity contribution in [3.8, 4) is 5.75 Å². The van der Waals surface area contributed by atoms with Crippen LogP contribution < -0.4 is 15.6 Å². The summed E-state index contributed by atoms with van der Waals surface area (Å²) in [5, 5.41) is 0.608. The predicted octanol–water partition coefficient (Wildman–Crippen LogP) is 2.78. The number of nitrogens with one attached hydrogen (secondary N) is 2. The number of benzene rings is 2. The SMILES string of the molecule is CN(CCOc1cccc(Cl)c1)C(=O)C1CNNC1c1ccc(F)cc1. The smallest absolute Gasteiger partial charge is 0.228 e. The fraction of sp³-hybridized carbons (Fsp3) is 0.316. The molecule has 0 aromatic heterocycles. The largest absolute Gasteiger partial charge is 0.492 e. The van der Waals surface area contributed by atoms with Crippen molar-refractivity contribution in [2.75, 3.05) is 26.7 Å². The van der Waals surface area contributed by atoms with E-state index in [1.807, 2.05) is 12.1 Å². The first-order valence-electron chi connectivity index (χ1n) is 8.42.